The summed E-state index contributed by atoms with van der Waals surface area (Å²) < 4.78 is 0. The highest BCUT2D eigenvalue weighted by molar-refractivity contribution is 5.17. The van der Waals surface area contributed by atoms with Crippen molar-refractivity contribution in [2.24, 2.45) is 0 Å². The van der Waals surface area contributed by atoms with E-state index >= 15 is 0 Å². The van der Waals surface area contributed by atoms with Crippen LogP contribution in [0.4, 0.5) is 0 Å². The fraction of sp³-hybridized carbons (Fsp3) is 0.667. The fourth-order valence-corrected chi connectivity index (χ4v) is 2.17. The van der Waals surface area contributed by atoms with Crippen LogP contribution in [0.25, 0.3) is 0 Å². The van der Waals surface area contributed by atoms with Gasteiger partial charge in [-0.25, -0.2) is 0 Å². The normalized spacial score (nSPS) is 12.9. The average molecular weight is 249 g/mol. The SMILES string of the molecule is CCNC(CCN(CC)CC)c1ccc(C)nc1. The van der Waals surface area contributed by atoms with E-state index in [0.29, 0.717) is 6.04 Å². The molecule has 0 amide bonds. The van der Waals surface area contributed by atoms with Gasteiger partial charge in [0.1, 0.15) is 0 Å². The first-order chi connectivity index (χ1) is 8.71. The quantitative estimate of drug-likeness (QED) is 0.768. The molecule has 1 unspecified atom stereocenters. The van der Waals surface area contributed by atoms with Crippen molar-refractivity contribution in [1.29, 1.82) is 0 Å². The van der Waals surface area contributed by atoms with Crippen molar-refractivity contribution in [3.63, 3.8) is 0 Å². The number of aryl methyl sites for hydroxylation is 1. The van der Waals surface area contributed by atoms with Crippen LogP contribution >= 0.6 is 0 Å². The van der Waals surface area contributed by atoms with Gasteiger partial charge in [0.05, 0.1) is 0 Å². The van der Waals surface area contributed by atoms with E-state index in [1.807, 2.05) is 13.1 Å². The minimum Gasteiger partial charge on any atom is -0.310 e. The van der Waals surface area contributed by atoms with Gasteiger partial charge in [-0.05, 0) is 51.2 Å². The fourth-order valence-electron chi connectivity index (χ4n) is 2.17. The molecule has 3 nitrogen and oxygen atoms in total. The lowest BCUT2D eigenvalue weighted by molar-refractivity contribution is 0.282. The van der Waals surface area contributed by atoms with Crippen molar-refractivity contribution in [2.45, 2.75) is 40.2 Å². The summed E-state index contributed by atoms with van der Waals surface area (Å²) in [5.41, 5.74) is 2.38. The molecule has 18 heavy (non-hydrogen) atoms. The molecule has 0 spiro atoms. The minimum absolute atomic E-state index is 0.420. The molecule has 1 rings (SSSR count). The van der Waals surface area contributed by atoms with E-state index in [0.717, 1.165) is 38.3 Å². The van der Waals surface area contributed by atoms with Gasteiger partial charge in [-0.1, -0.05) is 26.8 Å². The third-order valence-corrected chi connectivity index (χ3v) is 3.42. The molecule has 1 aromatic rings. The van der Waals surface area contributed by atoms with Crippen molar-refractivity contribution in [1.82, 2.24) is 15.2 Å². The van der Waals surface area contributed by atoms with Crippen LogP contribution in [0.5, 0.6) is 0 Å². The predicted octanol–water partition coefficient (Wildman–Crippen LogP) is 2.77. The molecule has 1 N–H and O–H groups in total. The van der Waals surface area contributed by atoms with E-state index in [1.165, 1.54) is 5.56 Å². The lowest BCUT2D eigenvalue weighted by Crippen LogP contribution is -2.29. The average Bonchev–Trinajstić information content (AvgIpc) is 2.39. The molecular formula is C15H27N3. The summed E-state index contributed by atoms with van der Waals surface area (Å²) in [7, 11) is 0. The molecule has 1 heterocycles. The standard InChI is InChI=1S/C15H27N3/c1-5-16-15(10-11-18(6-2)7-3)14-9-8-13(4)17-12-14/h8-9,12,15-16H,5-7,10-11H2,1-4H3. The number of nitrogens with zero attached hydrogens (tertiary/aromatic N) is 2. The highest BCUT2D eigenvalue weighted by atomic mass is 15.1. The van der Waals surface area contributed by atoms with Gasteiger partial charge >= 0.3 is 0 Å². The van der Waals surface area contributed by atoms with Crippen molar-refractivity contribution < 1.29 is 0 Å². The Morgan fingerprint density at radius 2 is 1.94 bits per heavy atom. The van der Waals surface area contributed by atoms with Gasteiger partial charge in [-0.2, -0.15) is 0 Å². The van der Waals surface area contributed by atoms with Gasteiger partial charge < -0.3 is 10.2 Å². The summed E-state index contributed by atoms with van der Waals surface area (Å²) in [4.78, 5) is 6.86. The van der Waals surface area contributed by atoms with E-state index in [1.54, 1.807) is 0 Å². The van der Waals surface area contributed by atoms with Crippen LogP contribution in [-0.4, -0.2) is 36.1 Å². The number of nitrogens with one attached hydrogen (secondary N) is 1. The second kappa shape index (κ2) is 8.22. The molecular weight excluding hydrogens is 222 g/mol. The third kappa shape index (κ3) is 4.75. The highest BCUT2D eigenvalue weighted by Gasteiger charge is 2.11. The Morgan fingerprint density at radius 3 is 2.44 bits per heavy atom. The van der Waals surface area contributed by atoms with Crippen LogP contribution < -0.4 is 5.32 Å². The van der Waals surface area contributed by atoms with Crippen LogP contribution in [0.2, 0.25) is 0 Å². The zero-order chi connectivity index (χ0) is 13.4. The zero-order valence-corrected chi connectivity index (χ0v) is 12.2. The Kier molecular flexibility index (Phi) is 6.91. The Morgan fingerprint density at radius 1 is 1.22 bits per heavy atom. The van der Waals surface area contributed by atoms with Gasteiger partial charge in [0.15, 0.2) is 0 Å². The van der Waals surface area contributed by atoms with Gasteiger partial charge in [0.2, 0.25) is 0 Å². The first-order valence-corrected chi connectivity index (χ1v) is 7.09. The molecule has 0 bridgehead atoms. The molecule has 0 aliphatic heterocycles. The van der Waals surface area contributed by atoms with Gasteiger partial charge in [0.25, 0.3) is 0 Å². The summed E-state index contributed by atoms with van der Waals surface area (Å²) in [6.45, 7) is 13.0. The lowest BCUT2D eigenvalue weighted by Gasteiger charge is -2.23. The van der Waals surface area contributed by atoms with Crippen LogP contribution in [-0.2, 0) is 0 Å². The molecule has 0 aliphatic rings. The van der Waals surface area contributed by atoms with Crippen molar-refractivity contribution in [3.8, 4) is 0 Å². The summed E-state index contributed by atoms with van der Waals surface area (Å²) in [5, 5.41) is 3.56. The molecule has 102 valence electrons. The largest absolute Gasteiger partial charge is 0.310 e. The molecule has 0 saturated carbocycles. The molecule has 3 heteroatoms. The Hall–Kier alpha value is -0.930. The molecule has 0 saturated heterocycles. The van der Waals surface area contributed by atoms with Gasteiger partial charge in [-0.3, -0.25) is 4.98 Å². The first-order valence-electron chi connectivity index (χ1n) is 7.09. The van der Waals surface area contributed by atoms with E-state index in [9.17, 15) is 0 Å². The lowest BCUT2D eigenvalue weighted by atomic mass is 10.1. The van der Waals surface area contributed by atoms with Crippen molar-refractivity contribution >= 4 is 0 Å². The molecule has 1 aromatic heterocycles. The van der Waals surface area contributed by atoms with Gasteiger partial charge in [-0.15, -0.1) is 0 Å². The smallest absolute Gasteiger partial charge is 0.0372 e. The number of rotatable bonds is 8. The maximum Gasteiger partial charge on any atom is 0.0372 e. The second-order valence-electron chi connectivity index (χ2n) is 4.66. The number of hydrogen-bond donors (Lipinski definition) is 1. The monoisotopic (exact) mass is 249 g/mol. The molecule has 0 fully saturated rings. The summed E-state index contributed by atoms with van der Waals surface area (Å²) >= 11 is 0. The summed E-state index contributed by atoms with van der Waals surface area (Å²) in [6, 6.07) is 4.71. The third-order valence-electron chi connectivity index (χ3n) is 3.42. The maximum absolute atomic E-state index is 4.40. The topological polar surface area (TPSA) is 28.2 Å². The second-order valence-corrected chi connectivity index (χ2v) is 4.66. The van der Waals surface area contributed by atoms with E-state index in [-0.39, 0.29) is 0 Å². The van der Waals surface area contributed by atoms with E-state index < -0.39 is 0 Å². The van der Waals surface area contributed by atoms with Crippen molar-refractivity contribution in [2.75, 3.05) is 26.2 Å². The Bertz CT molecular complexity index is 317. The van der Waals surface area contributed by atoms with Gasteiger partial charge in [0, 0.05) is 17.9 Å². The molecule has 1 atom stereocenters. The van der Waals surface area contributed by atoms with Crippen LogP contribution in [0.15, 0.2) is 18.3 Å². The zero-order valence-electron chi connectivity index (χ0n) is 12.2. The summed E-state index contributed by atoms with van der Waals surface area (Å²) in [5.74, 6) is 0. The first kappa shape index (κ1) is 15.1. The predicted molar refractivity (Wildman–Crippen MR) is 77.8 cm³/mol. The molecule has 0 aliphatic carbocycles. The molecule has 0 aromatic carbocycles. The number of hydrogen-bond acceptors (Lipinski definition) is 3. The summed E-state index contributed by atoms with van der Waals surface area (Å²) in [6.07, 6.45) is 3.14. The number of aromatic nitrogens is 1. The van der Waals surface area contributed by atoms with Crippen LogP contribution in [0, 0.1) is 6.92 Å². The highest BCUT2D eigenvalue weighted by Crippen LogP contribution is 2.16. The maximum atomic E-state index is 4.40. The Labute approximate surface area is 112 Å². The molecule has 0 radical (unpaired) electrons. The van der Waals surface area contributed by atoms with Crippen LogP contribution in [0.3, 0.4) is 0 Å². The minimum atomic E-state index is 0.420. The Balaban J connectivity index is 2.61. The van der Waals surface area contributed by atoms with E-state index in [4.69, 9.17) is 0 Å². The number of pyridine rings is 1. The van der Waals surface area contributed by atoms with Crippen molar-refractivity contribution in [3.05, 3.63) is 29.6 Å². The van der Waals surface area contributed by atoms with Crippen LogP contribution in [0.1, 0.15) is 44.5 Å². The van der Waals surface area contributed by atoms with E-state index in [2.05, 4.69) is 48.1 Å².